The van der Waals surface area contributed by atoms with Gasteiger partial charge in [-0.25, -0.2) is 0 Å². The van der Waals surface area contributed by atoms with Crippen LogP contribution in [0.3, 0.4) is 0 Å². The minimum absolute atomic E-state index is 0.0939. The largest absolute Gasteiger partial charge is 0.417 e. The summed E-state index contributed by atoms with van der Waals surface area (Å²) in [6, 6.07) is 27.9. The lowest BCUT2D eigenvalue weighted by Crippen LogP contribution is -2.16. The van der Waals surface area contributed by atoms with Crippen molar-refractivity contribution in [3.05, 3.63) is 131 Å². The molecule has 6 heteroatoms. The normalized spacial score (nSPS) is 13.1. The van der Waals surface area contributed by atoms with E-state index in [4.69, 9.17) is 0 Å². The molecular weight excluding hydrogens is 642 g/mol. The molecule has 0 atom stereocenters. The van der Waals surface area contributed by atoms with Gasteiger partial charge in [-0.05, 0) is 102 Å². The number of hydrogen-bond acceptors (Lipinski definition) is 0. The van der Waals surface area contributed by atoms with Gasteiger partial charge in [0.05, 0.1) is 11.1 Å². The molecule has 0 saturated heterocycles. The van der Waals surface area contributed by atoms with Crippen molar-refractivity contribution in [3.63, 3.8) is 0 Å². The fourth-order valence-corrected chi connectivity index (χ4v) is 6.23. The van der Waals surface area contributed by atoms with Gasteiger partial charge in [0, 0.05) is 0 Å². The van der Waals surface area contributed by atoms with Crippen LogP contribution >= 0.6 is 0 Å². The van der Waals surface area contributed by atoms with Crippen LogP contribution in [0.5, 0.6) is 0 Å². The van der Waals surface area contributed by atoms with Crippen LogP contribution in [0.25, 0.3) is 44.5 Å². The predicted octanol–water partition coefficient (Wildman–Crippen LogP) is 14.3. The zero-order chi connectivity index (χ0) is 37.0. The molecule has 0 fully saturated rings. The molecule has 50 heavy (non-hydrogen) atoms. The van der Waals surface area contributed by atoms with E-state index >= 15 is 0 Å². The fraction of sp³-hybridized carbons (Fsp3) is 0.318. The molecule has 0 aromatic heterocycles. The van der Waals surface area contributed by atoms with Gasteiger partial charge in [-0.2, -0.15) is 26.3 Å². The molecular formula is C44H44F6. The number of rotatable bonds is 4. The van der Waals surface area contributed by atoms with E-state index in [-0.39, 0.29) is 33.1 Å². The molecule has 0 amide bonds. The van der Waals surface area contributed by atoms with Crippen molar-refractivity contribution >= 4 is 0 Å². The zero-order valence-electron chi connectivity index (χ0n) is 30.1. The Bertz CT molecular complexity index is 1890. The second kappa shape index (κ2) is 12.8. The van der Waals surface area contributed by atoms with Crippen molar-refractivity contribution < 1.29 is 26.3 Å². The van der Waals surface area contributed by atoms with Gasteiger partial charge >= 0.3 is 12.4 Å². The van der Waals surface area contributed by atoms with E-state index in [0.717, 1.165) is 23.3 Å². The molecule has 0 aliphatic rings. The van der Waals surface area contributed by atoms with Crippen molar-refractivity contribution in [1.82, 2.24) is 0 Å². The lowest BCUT2D eigenvalue weighted by Gasteiger charge is -2.27. The second-order valence-corrected chi connectivity index (χ2v) is 16.2. The molecule has 0 aliphatic heterocycles. The van der Waals surface area contributed by atoms with Gasteiger partial charge in [-0.3, -0.25) is 0 Å². The molecule has 0 N–H and O–H groups in total. The first kappa shape index (κ1) is 36.9. The Kier molecular flexibility index (Phi) is 9.44. The molecule has 0 saturated carbocycles. The molecule has 0 heterocycles. The monoisotopic (exact) mass is 686 g/mol. The molecule has 0 radical (unpaired) electrons. The molecule has 0 bridgehead atoms. The van der Waals surface area contributed by atoms with Gasteiger partial charge in [-0.15, -0.1) is 0 Å². The maximum Gasteiger partial charge on any atom is 0.417 e. The van der Waals surface area contributed by atoms with Crippen LogP contribution in [0.15, 0.2) is 103 Å². The van der Waals surface area contributed by atoms with E-state index in [1.165, 1.54) is 47.5 Å². The fourth-order valence-electron chi connectivity index (χ4n) is 6.23. The Labute approximate surface area is 292 Å². The van der Waals surface area contributed by atoms with Crippen LogP contribution in [0.4, 0.5) is 26.3 Å². The van der Waals surface area contributed by atoms with Gasteiger partial charge < -0.3 is 0 Å². The van der Waals surface area contributed by atoms with Crippen molar-refractivity contribution in [2.24, 2.45) is 0 Å². The number of halogens is 6. The highest BCUT2D eigenvalue weighted by atomic mass is 19.4. The third-order valence-electron chi connectivity index (χ3n) is 9.22. The van der Waals surface area contributed by atoms with Crippen LogP contribution < -0.4 is 0 Å². The third-order valence-corrected chi connectivity index (χ3v) is 9.22. The summed E-state index contributed by atoms with van der Waals surface area (Å²) in [4.78, 5) is 0. The van der Waals surface area contributed by atoms with Gasteiger partial charge in [0.15, 0.2) is 0 Å². The summed E-state index contributed by atoms with van der Waals surface area (Å²) >= 11 is 0. The Hall–Kier alpha value is -4.32. The van der Waals surface area contributed by atoms with Crippen LogP contribution in [0, 0.1) is 0 Å². The van der Waals surface area contributed by atoms with Crippen molar-refractivity contribution in [1.29, 1.82) is 0 Å². The van der Waals surface area contributed by atoms with Crippen LogP contribution in [-0.4, -0.2) is 0 Å². The molecule has 0 aliphatic carbocycles. The summed E-state index contributed by atoms with van der Waals surface area (Å²) in [6.45, 7) is 18.6. The Morgan fingerprint density at radius 3 is 1.04 bits per heavy atom. The molecule has 5 aromatic rings. The first-order valence-corrected chi connectivity index (χ1v) is 16.7. The minimum atomic E-state index is -4.69. The number of benzene rings is 5. The van der Waals surface area contributed by atoms with Crippen molar-refractivity contribution in [2.75, 3.05) is 0 Å². The topological polar surface area (TPSA) is 0 Å². The zero-order valence-corrected chi connectivity index (χ0v) is 30.1. The van der Waals surface area contributed by atoms with Gasteiger partial charge in [0.1, 0.15) is 0 Å². The van der Waals surface area contributed by atoms with Crippen molar-refractivity contribution in [2.45, 2.75) is 90.9 Å². The molecule has 0 unspecified atom stereocenters. The average Bonchev–Trinajstić information content (AvgIpc) is 3.02. The van der Waals surface area contributed by atoms with Gasteiger partial charge in [0.2, 0.25) is 0 Å². The molecule has 5 aromatic carbocycles. The summed E-state index contributed by atoms with van der Waals surface area (Å²) in [7, 11) is 0. The molecule has 5 rings (SSSR count). The highest BCUT2D eigenvalue weighted by Gasteiger charge is 2.37. The molecule has 0 nitrogen and oxygen atoms in total. The summed E-state index contributed by atoms with van der Waals surface area (Å²) in [5.41, 5.74) is 3.36. The highest BCUT2D eigenvalue weighted by molar-refractivity contribution is 5.97. The van der Waals surface area contributed by atoms with Gasteiger partial charge in [-0.1, -0.05) is 141 Å². The summed E-state index contributed by atoms with van der Waals surface area (Å²) < 4.78 is 87.4. The quantitative estimate of drug-likeness (QED) is 0.165. The maximum absolute atomic E-state index is 14.6. The number of alkyl halides is 6. The van der Waals surface area contributed by atoms with E-state index in [0.29, 0.717) is 16.7 Å². The van der Waals surface area contributed by atoms with Crippen LogP contribution in [0.1, 0.15) is 90.1 Å². The summed E-state index contributed by atoms with van der Waals surface area (Å²) in [5, 5.41) is 0. The Balaban J connectivity index is 1.87. The van der Waals surface area contributed by atoms with E-state index in [9.17, 15) is 26.3 Å². The van der Waals surface area contributed by atoms with Crippen LogP contribution in [0.2, 0.25) is 0 Å². The van der Waals surface area contributed by atoms with E-state index in [1.54, 1.807) is 24.3 Å². The first-order valence-electron chi connectivity index (χ1n) is 16.7. The summed E-state index contributed by atoms with van der Waals surface area (Å²) in [6.07, 6.45) is -9.38. The third kappa shape index (κ3) is 7.70. The number of hydrogen-bond donors (Lipinski definition) is 0. The summed E-state index contributed by atoms with van der Waals surface area (Å²) in [5.74, 6) is 0. The van der Waals surface area contributed by atoms with E-state index in [1.807, 2.05) is 32.9 Å². The molecule has 262 valence electrons. The highest BCUT2D eigenvalue weighted by Crippen LogP contribution is 2.49. The van der Waals surface area contributed by atoms with Gasteiger partial charge in [0.25, 0.3) is 0 Å². The minimum Gasteiger partial charge on any atom is -0.166 e. The van der Waals surface area contributed by atoms with Crippen LogP contribution in [-0.2, 0) is 28.6 Å². The SMILES string of the molecule is CC(C)(C)c1cc(-c2ccc(-c3c(-c4ccccc4C(F)(F)F)cc(C(C)(C)C)cc3-c3ccccc3C(F)(F)F)cc2)cc(C(C)(C)C)c1. The predicted molar refractivity (Wildman–Crippen MR) is 194 cm³/mol. The van der Waals surface area contributed by atoms with Crippen molar-refractivity contribution in [3.8, 4) is 44.5 Å². The Morgan fingerprint density at radius 1 is 0.340 bits per heavy atom. The first-order chi connectivity index (χ1) is 23.0. The Morgan fingerprint density at radius 2 is 0.680 bits per heavy atom. The lowest BCUT2D eigenvalue weighted by atomic mass is 9.77. The second-order valence-electron chi connectivity index (χ2n) is 16.2. The maximum atomic E-state index is 14.6. The van der Waals surface area contributed by atoms with E-state index in [2.05, 4.69) is 59.7 Å². The lowest BCUT2D eigenvalue weighted by molar-refractivity contribution is -0.137. The molecule has 0 spiro atoms. The smallest absolute Gasteiger partial charge is 0.166 e. The standard InChI is InChI=1S/C44H44F6/c1-40(2,3)30-22-29(23-31(24-30)41(4,5)6)27-18-20-28(21-19-27)39-35(33-14-10-12-16-37(33)43(45,46)47)25-32(42(7,8)9)26-36(39)34-15-11-13-17-38(34)44(48,49)50/h10-26H,1-9H3. The average molecular weight is 687 g/mol. The van der Waals surface area contributed by atoms with E-state index < -0.39 is 28.9 Å².